The van der Waals surface area contributed by atoms with Crippen LogP contribution < -0.4 is 0 Å². The Bertz CT molecular complexity index is 396. The van der Waals surface area contributed by atoms with E-state index in [1.807, 2.05) is 26.0 Å². The fourth-order valence-electron chi connectivity index (χ4n) is 1.35. The second-order valence-corrected chi connectivity index (χ2v) is 4.63. The first kappa shape index (κ1) is 13.8. The van der Waals surface area contributed by atoms with Crippen molar-refractivity contribution in [1.82, 2.24) is 4.98 Å². The van der Waals surface area contributed by atoms with Crippen molar-refractivity contribution in [2.75, 3.05) is 12.4 Å². The number of esters is 1. The number of nitrogens with zero attached hydrogens (tertiary/aromatic N) is 1. The summed E-state index contributed by atoms with van der Waals surface area (Å²) < 4.78 is 4.78. The zero-order valence-electron chi connectivity index (χ0n) is 10.4. The number of hydrogen-bond acceptors (Lipinski definition) is 4. The highest BCUT2D eigenvalue weighted by Crippen LogP contribution is 2.17. The third kappa shape index (κ3) is 5.54. The topological polar surface area (TPSA) is 39.2 Å². The van der Waals surface area contributed by atoms with Gasteiger partial charge in [0.15, 0.2) is 0 Å². The maximum Gasteiger partial charge on any atom is 0.330 e. The number of pyridine rings is 1. The van der Waals surface area contributed by atoms with E-state index in [-0.39, 0.29) is 5.97 Å². The quantitative estimate of drug-likeness (QED) is 0.458. The van der Waals surface area contributed by atoms with Crippen LogP contribution in [0, 0.1) is 13.8 Å². The summed E-state index contributed by atoms with van der Waals surface area (Å²) in [4.78, 5) is 15.4. The van der Waals surface area contributed by atoms with Crippen molar-refractivity contribution in [3.05, 3.63) is 35.5 Å². The molecule has 3 nitrogen and oxygen atoms in total. The normalized spacial score (nSPS) is 10.8. The molecular formula is C13H17NO2S. The molecule has 1 aromatic heterocycles. The van der Waals surface area contributed by atoms with Gasteiger partial charge in [0.25, 0.3) is 0 Å². The molecule has 0 saturated carbocycles. The summed E-state index contributed by atoms with van der Waals surface area (Å²) in [6.07, 6.45) is 3.25. The second kappa shape index (κ2) is 7.12. The first-order valence-electron chi connectivity index (χ1n) is 5.53. The number of thioether (sulfide) groups is 1. The maximum absolute atomic E-state index is 11.0. The van der Waals surface area contributed by atoms with E-state index in [9.17, 15) is 4.79 Å². The molecule has 0 unspecified atom stereocenters. The highest BCUT2D eigenvalue weighted by atomic mass is 32.2. The van der Waals surface area contributed by atoms with Crippen molar-refractivity contribution in [3.8, 4) is 0 Å². The van der Waals surface area contributed by atoms with Gasteiger partial charge in [-0.1, -0.05) is 6.08 Å². The van der Waals surface area contributed by atoms with Crippen LogP contribution in [0.1, 0.15) is 18.2 Å². The van der Waals surface area contributed by atoms with E-state index in [1.165, 1.54) is 11.6 Å². The third-order valence-corrected chi connectivity index (χ3v) is 2.81. The predicted molar refractivity (Wildman–Crippen MR) is 70.2 cm³/mol. The smallest absolute Gasteiger partial charge is 0.330 e. The van der Waals surface area contributed by atoms with E-state index in [0.29, 0.717) is 12.4 Å². The lowest BCUT2D eigenvalue weighted by molar-refractivity contribution is -0.137. The fourth-order valence-corrected chi connectivity index (χ4v) is 2.19. The summed E-state index contributed by atoms with van der Waals surface area (Å²) in [7, 11) is 0. The largest absolute Gasteiger partial charge is 0.463 e. The number of carbonyl (C=O) groups excluding carboxylic acids is 1. The monoisotopic (exact) mass is 251 g/mol. The van der Waals surface area contributed by atoms with Crippen LogP contribution in [0.2, 0.25) is 0 Å². The van der Waals surface area contributed by atoms with E-state index < -0.39 is 0 Å². The summed E-state index contributed by atoms with van der Waals surface area (Å²) in [5.41, 5.74) is 2.22. The molecule has 0 spiro atoms. The van der Waals surface area contributed by atoms with Crippen LogP contribution >= 0.6 is 11.8 Å². The van der Waals surface area contributed by atoms with Crippen molar-refractivity contribution in [2.24, 2.45) is 0 Å². The average Bonchev–Trinajstić information content (AvgIpc) is 2.23. The summed E-state index contributed by atoms with van der Waals surface area (Å²) >= 11 is 1.60. The highest BCUT2D eigenvalue weighted by molar-refractivity contribution is 7.99. The van der Waals surface area contributed by atoms with E-state index in [4.69, 9.17) is 4.74 Å². The molecule has 1 aromatic rings. The lowest BCUT2D eigenvalue weighted by atomic mass is 10.3. The van der Waals surface area contributed by atoms with Crippen molar-refractivity contribution in [3.63, 3.8) is 0 Å². The van der Waals surface area contributed by atoms with Crippen LogP contribution in [-0.4, -0.2) is 23.3 Å². The third-order valence-electron chi connectivity index (χ3n) is 1.94. The Morgan fingerprint density at radius 2 is 2.24 bits per heavy atom. The van der Waals surface area contributed by atoms with Gasteiger partial charge in [0, 0.05) is 17.5 Å². The summed E-state index contributed by atoms with van der Waals surface area (Å²) in [6.45, 7) is 6.23. The van der Waals surface area contributed by atoms with Gasteiger partial charge in [-0.15, -0.1) is 11.8 Å². The van der Waals surface area contributed by atoms with Crippen LogP contribution in [0.5, 0.6) is 0 Å². The summed E-state index contributed by atoms with van der Waals surface area (Å²) in [5.74, 6) is 0.427. The molecule has 92 valence electrons. The van der Waals surface area contributed by atoms with Gasteiger partial charge in [-0.2, -0.15) is 0 Å². The van der Waals surface area contributed by atoms with Crippen LogP contribution in [-0.2, 0) is 9.53 Å². The van der Waals surface area contributed by atoms with E-state index >= 15 is 0 Å². The SMILES string of the molecule is CCOC(=O)/C=C/CSc1cc(C)cc(C)n1. The van der Waals surface area contributed by atoms with Gasteiger partial charge in [-0.05, 0) is 38.5 Å². The molecule has 0 aliphatic carbocycles. The molecule has 0 saturated heterocycles. The number of aryl methyl sites for hydroxylation is 2. The minimum absolute atomic E-state index is 0.290. The molecular weight excluding hydrogens is 234 g/mol. The molecule has 0 atom stereocenters. The first-order chi connectivity index (χ1) is 8.11. The predicted octanol–water partition coefficient (Wildman–Crippen LogP) is 2.91. The minimum Gasteiger partial charge on any atom is -0.463 e. The maximum atomic E-state index is 11.0. The fraction of sp³-hybridized carbons (Fsp3) is 0.385. The molecule has 17 heavy (non-hydrogen) atoms. The number of ether oxygens (including phenoxy) is 1. The number of aromatic nitrogens is 1. The van der Waals surface area contributed by atoms with Crippen LogP contribution in [0.3, 0.4) is 0 Å². The van der Waals surface area contributed by atoms with Crippen LogP contribution in [0.15, 0.2) is 29.3 Å². The molecule has 0 fully saturated rings. The molecule has 4 heteroatoms. The standard InChI is InChI=1S/C13H17NO2S/c1-4-16-13(15)6-5-7-17-12-9-10(2)8-11(3)14-12/h5-6,8-9H,4,7H2,1-3H3/b6-5+. The number of rotatable bonds is 5. The number of hydrogen-bond donors (Lipinski definition) is 0. The minimum atomic E-state index is -0.290. The Labute approximate surface area is 106 Å². The molecule has 0 aliphatic rings. The first-order valence-corrected chi connectivity index (χ1v) is 6.51. The highest BCUT2D eigenvalue weighted by Gasteiger charge is 1.98. The second-order valence-electron chi connectivity index (χ2n) is 3.59. The van der Waals surface area contributed by atoms with Crippen molar-refractivity contribution >= 4 is 17.7 Å². The van der Waals surface area contributed by atoms with Gasteiger partial charge in [-0.25, -0.2) is 9.78 Å². The molecule has 0 aromatic carbocycles. The molecule has 1 rings (SSSR count). The van der Waals surface area contributed by atoms with E-state index in [2.05, 4.69) is 4.98 Å². The Balaban J connectivity index is 2.43. The Hall–Kier alpha value is -1.29. The van der Waals surface area contributed by atoms with Gasteiger partial charge in [0.2, 0.25) is 0 Å². The zero-order chi connectivity index (χ0) is 12.7. The van der Waals surface area contributed by atoms with E-state index in [1.54, 1.807) is 24.8 Å². The summed E-state index contributed by atoms with van der Waals surface area (Å²) in [5, 5.41) is 0.982. The Morgan fingerprint density at radius 1 is 1.47 bits per heavy atom. The average molecular weight is 251 g/mol. The van der Waals surface area contributed by atoms with E-state index in [0.717, 1.165) is 10.7 Å². The van der Waals surface area contributed by atoms with Gasteiger partial charge >= 0.3 is 5.97 Å². The molecule has 0 amide bonds. The Kier molecular flexibility index (Phi) is 5.77. The van der Waals surface area contributed by atoms with Gasteiger partial charge in [0.05, 0.1) is 11.6 Å². The zero-order valence-corrected chi connectivity index (χ0v) is 11.2. The summed E-state index contributed by atoms with van der Waals surface area (Å²) in [6, 6.07) is 4.08. The molecule has 1 heterocycles. The lowest BCUT2D eigenvalue weighted by Crippen LogP contribution is -1.98. The van der Waals surface area contributed by atoms with Gasteiger partial charge in [0.1, 0.15) is 0 Å². The lowest BCUT2D eigenvalue weighted by Gasteiger charge is -2.01. The van der Waals surface area contributed by atoms with Gasteiger partial charge < -0.3 is 4.74 Å². The molecule has 0 aliphatic heterocycles. The van der Waals surface area contributed by atoms with Crippen molar-refractivity contribution in [1.29, 1.82) is 0 Å². The number of carbonyl (C=O) groups is 1. The van der Waals surface area contributed by atoms with Crippen molar-refractivity contribution in [2.45, 2.75) is 25.8 Å². The van der Waals surface area contributed by atoms with Crippen LogP contribution in [0.25, 0.3) is 0 Å². The molecule has 0 N–H and O–H groups in total. The Morgan fingerprint density at radius 3 is 2.88 bits per heavy atom. The van der Waals surface area contributed by atoms with Crippen LogP contribution in [0.4, 0.5) is 0 Å². The molecule has 0 radical (unpaired) electrons. The van der Waals surface area contributed by atoms with Crippen molar-refractivity contribution < 1.29 is 9.53 Å². The van der Waals surface area contributed by atoms with Gasteiger partial charge in [-0.3, -0.25) is 0 Å². The molecule has 0 bridgehead atoms.